The number of nitriles is 2. The van der Waals surface area contributed by atoms with Crippen molar-refractivity contribution in [2.75, 3.05) is 7.11 Å². The summed E-state index contributed by atoms with van der Waals surface area (Å²) in [5.74, 6) is 1.98. The Morgan fingerprint density at radius 2 is 1.59 bits per heavy atom. The Hall–Kier alpha value is -2.33. The zero-order chi connectivity index (χ0) is 18.8. The van der Waals surface area contributed by atoms with E-state index in [0.29, 0.717) is 23.5 Å². The van der Waals surface area contributed by atoms with E-state index in [0.717, 1.165) is 24.8 Å². The Morgan fingerprint density at radius 3 is 2.11 bits per heavy atom. The number of carbonyl (C=O) groups excluding carboxylic acids is 1. The number of nitrogens with zero attached hydrogens (tertiary/aromatic N) is 2. The summed E-state index contributed by atoms with van der Waals surface area (Å²) in [5.41, 5.74) is -0.698. The fourth-order valence-corrected chi connectivity index (χ4v) is 7.14. The molecule has 0 N–H and O–H groups in total. The van der Waals surface area contributed by atoms with Crippen LogP contribution in [0.25, 0.3) is 0 Å². The average molecular weight is 360 g/mol. The van der Waals surface area contributed by atoms with Crippen molar-refractivity contribution in [1.82, 2.24) is 0 Å². The maximum absolute atomic E-state index is 13.8. The zero-order valence-corrected chi connectivity index (χ0v) is 15.6. The van der Waals surface area contributed by atoms with E-state index >= 15 is 0 Å². The summed E-state index contributed by atoms with van der Waals surface area (Å²) < 4.78 is 5.48. The van der Waals surface area contributed by atoms with E-state index < -0.39 is 11.3 Å². The molecule has 0 amide bonds. The molecular formula is C23H24N2O2. The van der Waals surface area contributed by atoms with Crippen molar-refractivity contribution in [2.24, 2.45) is 34.5 Å². The minimum Gasteiger partial charge on any atom is -0.496 e. The van der Waals surface area contributed by atoms with Gasteiger partial charge in [-0.05, 0) is 62.3 Å². The van der Waals surface area contributed by atoms with Gasteiger partial charge < -0.3 is 4.74 Å². The molecule has 0 radical (unpaired) electrons. The second kappa shape index (κ2) is 5.59. The number of para-hydroxylation sites is 1. The fraction of sp³-hybridized carbons (Fsp3) is 0.609. The molecule has 0 saturated heterocycles. The van der Waals surface area contributed by atoms with Crippen LogP contribution in [0.15, 0.2) is 24.3 Å². The fourth-order valence-electron chi connectivity index (χ4n) is 7.14. The first-order valence-electron chi connectivity index (χ1n) is 10.1. The van der Waals surface area contributed by atoms with Gasteiger partial charge in [0.1, 0.15) is 11.5 Å². The van der Waals surface area contributed by atoms with Crippen molar-refractivity contribution in [1.29, 1.82) is 10.5 Å². The van der Waals surface area contributed by atoms with Crippen LogP contribution in [-0.2, 0) is 4.79 Å². The van der Waals surface area contributed by atoms with Crippen LogP contribution >= 0.6 is 0 Å². The number of Topliss-reactive ketones (excluding diaryl/α,β-unsaturated/α-hetero) is 1. The van der Waals surface area contributed by atoms with Crippen molar-refractivity contribution >= 4 is 5.78 Å². The normalized spacial score (nSPS) is 40.0. The summed E-state index contributed by atoms with van der Waals surface area (Å²) in [5, 5.41) is 19.8. The summed E-state index contributed by atoms with van der Waals surface area (Å²) in [7, 11) is 1.59. The molecule has 1 aromatic carbocycles. The minimum atomic E-state index is -1.24. The highest BCUT2D eigenvalue weighted by atomic mass is 16.5. The van der Waals surface area contributed by atoms with Crippen molar-refractivity contribution in [3.8, 4) is 17.9 Å². The van der Waals surface area contributed by atoms with E-state index in [9.17, 15) is 15.3 Å². The molecule has 5 fully saturated rings. The molecule has 0 spiro atoms. The molecule has 2 atom stereocenters. The Kier molecular flexibility index (Phi) is 3.48. The molecule has 5 aliphatic carbocycles. The molecule has 0 aromatic heterocycles. The van der Waals surface area contributed by atoms with Crippen LogP contribution in [0, 0.1) is 57.2 Å². The molecule has 0 heterocycles. The molecule has 138 valence electrons. The number of benzene rings is 1. The van der Waals surface area contributed by atoms with Crippen molar-refractivity contribution in [2.45, 2.75) is 44.4 Å². The van der Waals surface area contributed by atoms with E-state index in [-0.39, 0.29) is 17.1 Å². The molecule has 1 aromatic rings. The SMILES string of the molecule is COc1ccccc1C1[C@H](C(=O)C23CC4CC(CC(C4)C2)C3)C1(C#N)C#N. The van der Waals surface area contributed by atoms with E-state index in [1.807, 2.05) is 24.3 Å². The van der Waals surface area contributed by atoms with Gasteiger partial charge in [-0.1, -0.05) is 18.2 Å². The van der Waals surface area contributed by atoms with Gasteiger partial charge in [-0.3, -0.25) is 4.79 Å². The molecule has 4 bridgehead atoms. The Labute approximate surface area is 160 Å². The van der Waals surface area contributed by atoms with Crippen molar-refractivity contribution in [3.63, 3.8) is 0 Å². The van der Waals surface area contributed by atoms with Gasteiger partial charge in [-0.2, -0.15) is 10.5 Å². The third kappa shape index (κ3) is 2.16. The van der Waals surface area contributed by atoms with Gasteiger partial charge in [0.15, 0.2) is 5.41 Å². The van der Waals surface area contributed by atoms with E-state index in [4.69, 9.17) is 4.74 Å². The van der Waals surface area contributed by atoms with Gasteiger partial charge in [0.25, 0.3) is 0 Å². The zero-order valence-electron chi connectivity index (χ0n) is 15.6. The molecule has 5 saturated carbocycles. The lowest BCUT2D eigenvalue weighted by Gasteiger charge is -2.56. The summed E-state index contributed by atoms with van der Waals surface area (Å²) in [6.45, 7) is 0. The van der Waals surface area contributed by atoms with Gasteiger partial charge in [-0.25, -0.2) is 0 Å². The summed E-state index contributed by atoms with van der Waals surface area (Å²) in [6, 6.07) is 12.0. The van der Waals surface area contributed by atoms with Crippen LogP contribution < -0.4 is 4.74 Å². The predicted octanol–water partition coefficient (Wildman–Crippen LogP) is 4.23. The number of hydrogen-bond donors (Lipinski definition) is 0. The second-order valence-corrected chi connectivity index (χ2v) is 9.35. The summed E-state index contributed by atoms with van der Waals surface area (Å²) in [4.78, 5) is 13.8. The second-order valence-electron chi connectivity index (χ2n) is 9.35. The maximum Gasteiger partial charge on any atom is 0.161 e. The van der Waals surface area contributed by atoms with Crippen LogP contribution in [0.3, 0.4) is 0 Å². The standard InChI is InChI=1S/C23H24N2O2/c1-27-18-5-3-2-4-17(18)19-20(23(19,12-24)13-25)21(26)22-9-14-6-15(10-22)8-16(7-14)11-22/h2-5,14-16,19-20H,6-11H2,1H3/t14?,15?,16?,19?,20-,22?/m1/s1. The van der Waals surface area contributed by atoms with Gasteiger partial charge in [0, 0.05) is 16.9 Å². The molecule has 4 heteroatoms. The van der Waals surface area contributed by atoms with Crippen molar-refractivity contribution in [3.05, 3.63) is 29.8 Å². The third-order valence-corrected chi connectivity index (χ3v) is 7.89. The van der Waals surface area contributed by atoms with E-state index in [2.05, 4.69) is 12.1 Å². The topological polar surface area (TPSA) is 73.9 Å². The molecule has 27 heavy (non-hydrogen) atoms. The number of rotatable bonds is 4. The molecule has 4 nitrogen and oxygen atoms in total. The Bertz CT molecular complexity index is 841. The highest BCUT2D eigenvalue weighted by Crippen LogP contribution is 2.70. The average Bonchev–Trinajstić information content (AvgIpc) is 3.35. The third-order valence-electron chi connectivity index (χ3n) is 7.89. The lowest BCUT2D eigenvalue weighted by Crippen LogP contribution is -2.50. The Balaban J connectivity index is 1.53. The summed E-state index contributed by atoms with van der Waals surface area (Å²) >= 11 is 0. The van der Waals surface area contributed by atoms with Crippen LogP contribution in [0.1, 0.15) is 50.0 Å². The minimum absolute atomic E-state index is 0.195. The van der Waals surface area contributed by atoms with Gasteiger partial charge in [-0.15, -0.1) is 0 Å². The smallest absolute Gasteiger partial charge is 0.161 e. The highest BCUT2D eigenvalue weighted by Gasteiger charge is 2.74. The van der Waals surface area contributed by atoms with Crippen LogP contribution in [0.2, 0.25) is 0 Å². The number of ether oxygens (including phenoxy) is 1. The van der Waals surface area contributed by atoms with E-state index in [1.165, 1.54) is 19.3 Å². The van der Waals surface area contributed by atoms with Crippen LogP contribution in [-0.4, -0.2) is 12.9 Å². The molecule has 5 aliphatic rings. The number of ketones is 1. The molecule has 1 unspecified atom stereocenters. The number of methoxy groups -OCH3 is 1. The van der Waals surface area contributed by atoms with E-state index in [1.54, 1.807) is 7.11 Å². The van der Waals surface area contributed by atoms with Gasteiger partial charge in [0.2, 0.25) is 0 Å². The van der Waals surface area contributed by atoms with Crippen molar-refractivity contribution < 1.29 is 9.53 Å². The maximum atomic E-state index is 13.8. The van der Waals surface area contributed by atoms with Crippen LogP contribution in [0.4, 0.5) is 0 Å². The lowest BCUT2D eigenvalue weighted by atomic mass is 9.48. The summed E-state index contributed by atoms with van der Waals surface area (Å²) in [6.07, 6.45) is 6.73. The van der Waals surface area contributed by atoms with Gasteiger partial charge >= 0.3 is 0 Å². The number of hydrogen-bond acceptors (Lipinski definition) is 4. The number of carbonyl (C=O) groups is 1. The largest absolute Gasteiger partial charge is 0.496 e. The van der Waals surface area contributed by atoms with Crippen LogP contribution in [0.5, 0.6) is 5.75 Å². The molecule has 0 aliphatic heterocycles. The Morgan fingerprint density at radius 1 is 1.04 bits per heavy atom. The lowest BCUT2D eigenvalue weighted by molar-refractivity contribution is -0.145. The quantitative estimate of drug-likeness (QED) is 0.805. The first-order chi connectivity index (χ1) is 13.1. The monoisotopic (exact) mass is 360 g/mol. The molecule has 6 rings (SSSR count). The van der Waals surface area contributed by atoms with Gasteiger partial charge in [0.05, 0.1) is 25.2 Å². The first kappa shape index (κ1) is 16.8. The first-order valence-corrected chi connectivity index (χ1v) is 10.1. The predicted molar refractivity (Wildman–Crippen MR) is 98.5 cm³/mol. The highest BCUT2D eigenvalue weighted by molar-refractivity contribution is 5.94. The molecular weight excluding hydrogens is 336 g/mol.